The van der Waals surface area contributed by atoms with Crippen LogP contribution in [0.4, 0.5) is 13.2 Å². The molecule has 1 fully saturated rings. The van der Waals surface area contributed by atoms with Crippen LogP contribution in [-0.2, 0) is 23.9 Å². The number of hydrogen-bond donors (Lipinski definition) is 1. The van der Waals surface area contributed by atoms with Crippen molar-refractivity contribution in [2.24, 2.45) is 0 Å². The van der Waals surface area contributed by atoms with Crippen molar-refractivity contribution < 1.29 is 22.7 Å². The summed E-state index contributed by atoms with van der Waals surface area (Å²) in [6.07, 6.45) is -0.930. The van der Waals surface area contributed by atoms with Crippen molar-refractivity contribution in [2.45, 2.75) is 45.0 Å². The zero-order valence-corrected chi connectivity index (χ0v) is 14.7. The van der Waals surface area contributed by atoms with E-state index >= 15 is 0 Å². The molecule has 11 heteroatoms. The van der Waals surface area contributed by atoms with Gasteiger partial charge in [0.15, 0.2) is 5.69 Å². The van der Waals surface area contributed by atoms with E-state index in [0.717, 1.165) is 25.5 Å². The Kier molecular flexibility index (Phi) is 5.68. The summed E-state index contributed by atoms with van der Waals surface area (Å²) in [6.45, 7) is 2.80. The minimum Gasteiger partial charge on any atom is -0.376 e. The van der Waals surface area contributed by atoms with Gasteiger partial charge in [-0.25, -0.2) is 14.6 Å². The van der Waals surface area contributed by atoms with E-state index in [0.29, 0.717) is 6.54 Å². The number of rotatable bonds is 6. The third-order valence-electron chi connectivity index (χ3n) is 4.01. The standard InChI is InChI=1S/C16H19F3N6O2/c1-10-7-13(16(17,18)19)22-14(21-10)4-5-20-15(26)12-9-25(24-23-12)8-11-3-2-6-27-11/h7,9,11H,2-6,8H2,1H3,(H,20,26)/t11-/m1/s1. The molecule has 0 bridgehead atoms. The average molecular weight is 384 g/mol. The van der Waals surface area contributed by atoms with Gasteiger partial charge in [0, 0.05) is 25.3 Å². The van der Waals surface area contributed by atoms with Crippen LogP contribution >= 0.6 is 0 Å². The molecule has 0 radical (unpaired) electrons. The third kappa shape index (κ3) is 5.22. The monoisotopic (exact) mass is 384 g/mol. The number of amides is 1. The summed E-state index contributed by atoms with van der Waals surface area (Å²) in [5.74, 6) is -0.443. The fourth-order valence-electron chi connectivity index (χ4n) is 2.75. The van der Waals surface area contributed by atoms with Crippen molar-refractivity contribution >= 4 is 5.91 Å². The number of aromatic nitrogens is 5. The van der Waals surface area contributed by atoms with Gasteiger partial charge in [-0.1, -0.05) is 5.21 Å². The van der Waals surface area contributed by atoms with Gasteiger partial charge in [-0.05, 0) is 25.8 Å². The van der Waals surface area contributed by atoms with Crippen LogP contribution in [0.2, 0.25) is 0 Å². The second-order valence-electron chi connectivity index (χ2n) is 6.28. The summed E-state index contributed by atoms with van der Waals surface area (Å²) >= 11 is 0. The molecule has 3 heterocycles. The molecule has 146 valence electrons. The molecule has 1 aliphatic heterocycles. The Morgan fingerprint density at radius 1 is 1.41 bits per heavy atom. The van der Waals surface area contributed by atoms with Gasteiger partial charge in [0.2, 0.25) is 0 Å². The first-order valence-electron chi connectivity index (χ1n) is 8.53. The first-order valence-corrected chi connectivity index (χ1v) is 8.53. The lowest BCUT2D eigenvalue weighted by Crippen LogP contribution is -2.27. The number of aryl methyl sites for hydroxylation is 1. The summed E-state index contributed by atoms with van der Waals surface area (Å²) in [5, 5.41) is 10.3. The number of carbonyl (C=O) groups is 1. The molecule has 1 N–H and O–H groups in total. The Bertz CT molecular complexity index is 802. The highest BCUT2D eigenvalue weighted by Crippen LogP contribution is 2.27. The largest absolute Gasteiger partial charge is 0.433 e. The van der Waals surface area contributed by atoms with Crippen LogP contribution in [0, 0.1) is 6.92 Å². The van der Waals surface area contributed by atoms with Crippen molar-refractivity contribution in [1.82, 2.24) is 30.3 Å². The zero-order chi connectivity index (χ0) is 19.4. The van der Waals surface area contributed by atoms with E-state index < -0.39 is 17.8 Å². The van der Waals surface area contributed by atoms with E-state index in [-0.39, 0.29) is 36.3 Å². The van der Waals surface area contributed by atoms with Gasteiger partial charge >= 0.3 is 6.18 Å². The van der Waals surface area contributed by atoms with Crippen molar-refractivity contribution in [2.75, 3.05) is 13.2 Å². The SMILES string of the molecule is Cc1cc(C(F)(F)F)nc(CCNC(=O)c2cn(C[C@H]3CCCO3)nn2)n1. The fourth-order valence-corrected chi connectivity index (χ4v) is 2.75. The number of carbonyl (C=O) groups excluding carboxylic acids is 1. The molecule has 8 nitrogen and oxygen atoms in total. The molecule has 0 aliphatic carbocycles. The van der Waals surface area contributed by atoms with Gasteiger partial charge in [-0.3, -0.25) is 4.79 Å². The highest BCUT2D eigenvalue weighted by Gasteiger charge is 2.33. The maximum absolute atomic E-state index is 12.8. The quantitative estimate of drug-likeness (QED) is 0.812. The van der Waals surface area contributed by atoms with Gasteiger partial charge in [-0.15, -0.1) is 5.10 Å². The van der Waals surface area contributed by atoms with Gasteiger partial charge in [-0.2, -0.15) is 13.2 Å². The van der Waals surface area contributed by atoms with E-state index in [2.05, 4.69) is 25.6 Å². The van der Waals surface area contributed by atoms with E-state index in [4.69, 9.17) is 4.74 Å². The van der Waals surface area contributed by atoms with Gasteiger partial charge < -0.3 is 10.1 Å². The maximum Gasteiger partial charge on any atom is 0.433 e. The summed E-state index contributed by atoms with van der Waals surface area (Å²) < 4.78 is 45.4. The lowest BCUT2D eigenvalue weighted by Gasteiger charge is -2.09. The third-order valence-corrected chi connectivity index (χ3v) is 4.01. The molecule has 2 aromatic rings. The molecule has 27 heavy (non-hydrogen) atoms. The number of hydrogen-bond acceptors (Lipinski definition) is 6. The number of nitrogens with zero attached hydrogens (tertiary/aromatic N) is 5. The molecule has 0 saturated carbocycles. The smallest absolute Gasteiger partial charge is 0.376 e. The first kappa shape index (κ1) is 19.2. The van der Waals surface area contributed by atoms with Crippen molar-refractivity contribution in [3.8, 4) is 0 Å². The topological polar surface area (TPSA) is 94.8 Å². The molecular weight excluding hydrogens is 365 g/mol. The van der Waals surface area contributed by atoms with Crippen LogP contribution in [0.1, 0.15) is 40.5 Å². The zero-order valence-electron chi connectivity index (χ0n) is 14.7. The van der Waals surface area contributed by atoms with E-state index in [1.54, 1.807) is 4.68 Å². The maximum atomic E-state index is 12.8. The molecular formula is C16H19F3N6O2. The molecule has 1 saturated heterocycles. The molecule has 3 rings (SSSR count). The molecule has 0 unspecified atom stereocenters. The minimum absolute atomic E-state index is 0.0182. The number of halogens is 3. The molecule has 0 aromatic carbocycles. The molecule has 1 amide bonds. The Hall–Kier alpha value is -2.56. The Balaban J connectivity index is 1.52. The van der Waals surface area contributed by atoms with Crippen LogP contribution in [-0.4, -0.2) is 50.1 Å². The Morgan fingerprint density at radius 3 is 2.93 bits per heavy atom. The lowest BCUT2D eigenvalue weighted by atomic mass is 10.2. The van der Waals surface area contributed by atoms with E-state index in [1.165, 1.54) is 13.1 Å². The van der Waals surface area contributed by atoms with Crippen LogP contribution < -0.4 is 5.32 Å². The van der Waals surface area contributed by atoms with Gasteiger partial charge in [0.1, 0.15) is 11.5 Å². The molecule has 2 aromatic heterocycles. The highest BCUT2D eigenvalue weighted by molar-refractivity contribution is 5.91. The summed E-state index contributed by atoms with van der Waals surface area (Å²) in [4.78, 5) is 19.6. The summed E-state index contributed by atoms with van der Waals surface area (Å²) in [7, 11) is 0. The van der Waals surface area contributed by atoms with Crippen LogP contribution in [0.5, 0.6) is 0 Å². The van der Waals surface area contributed by atoms with E-state index in [1.807, 2.05) is 0 Å². The van der Waals surface area contributed by atoms with Gasteiger partial charge in [0.25, 0.3) is 5.91 Å². The van der Waals surface area contributed by atoms with Crippen molar-refractivity contribution in [1.29, 1.82) is 0 Å². The van der Waals surface area contributed by atoms with Crippen molar-refractivity contribution in [3.63, 3.8) is 0 Å². The number of alkyl halides is 3. The number of ether oxygens (including phenoxy) is 1. The molecule has 1 atom stereocenters. The Labute approximate surface area is 153 Å². The van der Waals surface area contributed by atoms with Crippen LogP contribution in [0.25, 0.3) is 0 Å². The lowest BCUT2D eigenvalue weighted by molar-refractivity contribution is -0.141. The minimum atomic E-state index is -4.53. The predicted octanol–water partition coefficient (Wildman–Crippen LogP) is 1.55. The van der Waals surface area contributed by atoms with Crippen LogP contribution in [0.15, 0.2) is 12.3 Å². The second kappa shape index (κ2) is 7.99. The fraction of sp³-hybridized carbons (Fsp3) is 0.562. The summed E-state index contributed by atoms with van der Waals surface area (Å²) in [6, 6.07) is 0.883. The Morgan fingerprint density at radius 2 is 2.22 bits per heavy atom. The highest BCUT2D eigenvalue weighted by atomic mass is 19.4. The second-order valence-corrected chi connectivity index (χ2v) is 6.28. The van der Waals surface area contributed by atoms with E-state index in [9.17, 15) is 18.0 Å². The predicted molar refractivity (Wildman–Crippen MR) is 86.8 cm³/mol. The van der Waals surface area contributed by atoms with Gasteiger partial charge in [0.05, 0.1) is 18.8 Å². The normalized spacial score (nSPS) is 17.3. The van der Waals surface area contributed by atoms with Crippen molar-refractivity contribution in [3.05, 3.63) is 35.2 Å². The summed E-state index contributed by atoms with van der Waals surface area (Å²) in [5.41, 5.74) is -0.640. The average Bonchev–Trinajstić information content (AvgIpc) is 3.26. The molecule has 0 spiro atoms. The van der Waals surface area contributed by atoms with Crippen LogP contribution in [0.3, 0.4) is 0 Å². The first-order chi connectivity index (χ1) is 12.8. The molecule has 1 aliphatic rings. The number of nitrogens with one attached hydrogen (secondary N) is 1.